The molecule has 1 fully saturated rings. The van der Waals surface area contributed by atoms with Gasteiger partial charge in [-0.05, 0) is 19.1 Å². The van der Waals surface area contributed by atoms with Gasteiger partial charge in [0.05, 0.1) is 13.2 Å². The second-order valence-electron chi connectivity index (χ2n) is 4.93. The fraction of sp³-hybridized carbons (Fsp3) is 0.750. The minimum atomic E-state index is -0.313. The van der Waals surface area contributed by atoms with Gasteiger partial charge in [-0.2, -0.15) is 9.78 Å². The monoisotopic (exact) mass is 300 g/mol. The largest absolute Gasteiger partial charge is 0.370 e. The van der Waals surface area contributed by atoms with E-state index < -0.39 is 0 Å². The summed E-state index contributed by atoms with van der Waals surface area (Å²) in [4.78, 5) is 12.3. The van der Waals surface area contributed by atoms with Gasteiger partial charge in [0.2, 0.25) is 10.7 Å². The Morgan fingerprint density at radius 1 is 1.50 bits per heavy atom. The predicted molar refractivity (Wildman–Crippen MR) is 75.8 cm³/mol. The van der Waals surface area contributed by atoms with Gasteiger partial charge in [-0.25, -0.2) is 0 Å². The molecule has 1 saturated heterocycles. The number of hydrogen-bond donors (Lipinski definition) is 2. The first-order valence-corrected chi connectivity index (χ1v) is 7.38. The van der Waals surface area contributed by atoms with Crippen molar-refractivity contribution >= 4 is 18.1 Å². The van der Waals surface area contributed by atoms with Gasteiger partial charge in [-0.15, -0.1) is 0 Å². The number of hydrogen-bond acceptors (Lipinski definition) is 4. The molecule has 0 aliphatic carbocycles. The maximum absolute atomic E-state index is 10.9. The highest BCUT2D eigenvalue weighted by Crippen LogP contribution is 2.04. The maximum atomic E-state index is 10.9. The van der Waals surface area contributed by atoms with Crippen molar-refractivity contribution in [2.75, 3.05) is 26.3 Å². The molecule has 2 heterocycles. The van der Waals surface area contributed by atoms with Crippen LogP contribution in [-0.2, 0) is 29.2 Å². The van der Waals surface area contributed by atoms with Crippen molar-refractivity contribution in [1.82, 2.24) is 14.3 Å². The number of primary amides is 1. The van der Waals surface area contributed by atoms with E-state index in [-0.39, 0.29) is 5.91 Å². The van der Waals surface area contributed by atoms with E-state index in [2.05, 4.69) is 5.10 Å². The highest BCUT2D eigenvalue weighted by molar-refractivity contribution is 7.71. The van der Waals surface area contributed by atoms with E-state index in [0.29, 0.717) is 17.6 Å². The van der Waals surface area contributed by atoms with Crippen molar-refractivity contribution in [2.45, 2.75) is 33.0 Å². The van der Waals surface area contributed by atoms with Gasteiger partial charge in [0.25, 0.3) is 0 Å². The summed E-state index contributed by atoms with van der Waals surface area (Å²) in [5, 5.41) is 4.55. The number of carbonyl (C=O) groups excluding carboxylic acids is 1. The third-order valence-electron chi connectivity index (χ3n) is 3.48. The lowest BCUT2D eigenvalue weighted by Crippen LogP contribution is -3.13. The van der Waals surface area contributed by atoms with E-state index in [1.807, 2.05) is 16.2 Å². The standard InChI is InChI=1S/C12H21N5O2S/c1-2-16-11(4-3-10(13)18)14-17(12(16)20)9-15-5-7-19-8-6-15/h2-9H2,1H3,(H2,13,18)/p+1. The lowest BCUT2D eigenvalue weighted by atomic mass is 10.3. The quantitative estimate of drug-likeness (QED) is 0.642. The van der Waals surface area contributed by atoms with Crippen molar-refractivity contribution in [1.29, 1.82) is 0 Å². The molecule has 0 unspecified atom stereocenters. The van der Waals surface area contributed by atoms with Crippen LogP contribution in [0.5, 0.6) is 0 Å². The average molecular weight is 300 g/mol. The van der Waals surface area contributed by atoms with Gasteiger partial charge in [-0.1, -0.05) is 0 Å². The zero-order chi connectivity index (χ0) is 14.5. The number of carbonyl (C=O) groups is 1. The van der Waals surface area contributed by atoms with E-state index in [1.54, 1.807) is 0 Å². The van der Waals surface area contributed by atoms with E-state index in [4.69, 9.17) is 22.7 Å². The van der Waals surface area contributed by atoms with Crippen LogP contribution in [0, 0.1) is 4.77 Å². The zero-order valence-corrected chi connectivity index (χ0v) is 12.6. The Bertz CT molecular complexity index is 518. The van der Waals surface area contributed by atoms with Crippen LogP contribution in [0.25, 0.3) is 0 Å². The Kier molecular flexibility index (Phi) is 5.27. The van der Waals surface area contributed by atoms with Crippen LogP contribution in [-0.4, -0.2) is 46.6 Å². The Hall–Kier alpha value is -1.25. The first-order valence-electron chi connectivity index (χ1n) is 6.98. The van der Waals surface area contributed by atoms with Crippen molar-refractivity contribution in [3.05, 3.63) is 10.6 Å². The molecule has 7 nitrogen and oxygen atoms in total. The number of ether oxygens (including phenoxy) is 1. The molecule has 1 amide bonds. The molecule has 8 heteroatoms. The van der Waals surface area contributed by atoms with Crippen LogP contribution < -0.4 is 10.6 Å². The molecule has 20 heavy (non-hydrogen) atoms. The van der Waals surface area contributed by atoms with E-state index in [1.165, 1.54) is 4.90 Å². The van der Waals surface area contributed by atoms with E-state index in [0.717, 1.165) is 45.3 Å². The Morgan fingerprint density at radius 3 is 2.80 bits per heavy atom. The van der Waals surface area contributed by atoms with E-state index in [9.17, 15) is 4.79 Å². The molecule has 3 N–H and O–H groups in total. The van der Waals surface area contributed by atoms with Gasteiger partial charge in [0, 0.05) is 19.4 Å². The molecule has 1 aliphatic rings. The second kappa shape index (κ2) is 6.96. The van der Waals surface area contributed by atoms with Crippen LogP contribution in [0.3, 0.4) is 0 Å². The van der Waals surface area contributed by atoms with Crippen LogP contribution in [0.1, 0.15) is 19.2 Å². The average Bonchev–Trinajstić information content (AvgIpc) is 2.73. The Balaban J connectivity index is 2.12. The number of nitrogens with two attached hydrogens (primary N) is 1. The molecule has 1 aromatic rings. The van der Waals surface area contributed by atoms with Crippen LogP contribution in [0.2, 0.25) is 0 Å². The highest BCUT2D eigenvalue weighted by atomic mass is 32.1. The summed E-state index contributed by atoms with van der Waals surface area (Å²) in [5.74, 6) is 0.524. The number of quaternary nitrogens is 1. The molecule has 1 aliphatic heterocycles. The number of aryl methyl sites for hydroxylation is 1. The molecule has 0 radical (unpaired) electrons. The summed E-state index contributed by atoms with van der Waals surface area (Å²) in [6.07, 6.45) is 0.842. The SMILES string of the molecule is CCn1c(CCC(N)=O)nn(C[NH+]2CCOCC2)c1=S. The third-order valence-corrected chi connectivity index (χ3v) is 3.92. The van der Waals surface area contributed by atoms with Crippen LogP contribution in [0.4, 0.5) is 0 Å². The fourth-order valence-corrected chi connectivity index (χ4v) is 2.70. The number of rotatable bonds is 6. The van der Waals surface area contributed by atoms with Gasteiger partial charge in [-0.3, -0.25) is 4.79 Å². The van der Waals surface area contributed by atoms with Crippen molar-refractivity contribution in [2.24, 2.45) is 5.73 Å². The summed E-state index contributed by atoms with van der Waals surface area (Å²) in [7, 11) is 0. The molecular formula is C12H22N5O2S+. The summed E-state index contributed by atoms with van der Waals surface area (Å²) < 4.78 is 9.89. The smallest absolute Gasteiger partial charge is 0.217 e. The molecule has 0 spiro atoms. The highest BCUT2D eigenvalue weighted by Gasteiger charge is 2.17. The number of aromatic nitrogens is 3. The van der Waals surface area contributed by atoms with Crippen LogP contribution in [0.15, 0.2) is 0 Å². The second-order valence-corrected chi connectivity index (χ2v) is 5.29. The molecular weight excluding hydrogens is 278 g/mol. The topological polar surface area (TPSA) is 79.5 Å². The number of morpholine rings is 1. The zero-order valence-electron chi connectivity index (χ0n) is 11.8. The number of amides is 1. The lowest BCUT2D eigenvalue weighted by molar-refractivity contribution is -0.931. The first kappa shape index (κ1) is 15.1. The Morgan fingerprint density at radius 2 is 2.20 bits per heavy atom. The van der Waals surface area contributed by atoms with Crippen LogP contribution >= 0.6 is 12.2 Å². The van der Waals surface area contributed by atoms with Crippen molar-refractivity contribution in [3.8, 4) is 0 Å². The molecule has 2 rings (SSSR count). The van der Waals surface area contributed by atoms with E-state index >= 15 is 0 Å². The van der Waals surface area contributed by atoms with Crippen molar-refractivity contribution in [3.63, 3.8) is 0 Å². The normalized spacial score (nSPS) is 16.4. The number of nitrogens with zero attached hydrogens (tertiary/aromatic N) is 3. The molecule has 0 bridgehead atoms. The number of nitrogens with one attached hydrogen (secondary N) is 1. The summed E-state index contributed by atoms with van der Waals surface area (Å²) in [6.45, 7) is 7.04. The van der Waals surface area contributed by atoms with Crippen molar-refractivity contribution < 1.29 is 14.4 Å². The predicted octanol–water partition coefficient (Wildman–Crippen LogP) is -1.28. The molecule has 0 saturated carbocycles. The molecule has 0 aromatic carbocycles. The van der Waals surface area contributed by atoms with Gasteiger partial charge in [0.1, 0.15) is 18.9 Å². The van der Waals surface area contributed by atoms with Gasteiger partial charge < -0.3 is 19.9 Å². The first-order chi connectivity index (χ1) is 9.61. The summed E-state index contributed by atoms with van der Waals surface area (Å²) >= 11 is 5.46. The Labute approximate surface area is 123 Å². The van der Waals surface area contributed by atoms with Gasteiger partial charge >= 0.3 is 0 Å². The molecule has 0 atom stereocenters. The molecule has 1 aromatic heterocycles. The minimum absolute atomic E-state index is 0.302. The summed E-state index contributed by atoms with van der Waals surface area (Å²) in [5.41, 5.74) is 5.20. The lowest BCUT2D eigenvalue weighted by Gasteiger charge is -2.23. The van der Waals surface area contributed by atoms with Gasteiger partial charge in [0.15, 0.2) is 6.67 Å². The minimum Gasteiger partial charge on any atom is -0.370 e. The molecule has 112 valence electrons. The summed E-state index contributed by atoms with van der Waals surface area (Å²) in [6, 6.07) is 0. The third kappa shape index (κ3) is 3.65. The fourth-order valence-electron chi connectivity index (χ4n) is 2.36. The maximum Gasteiger partial charge on any atom is 0.217 e.